The van der Waals surface area contributed by atoms with Crippen molar-refractivity contribution in [1.82, 2.24) is 24.6 Å². The van der Waals surface area contributed by atoms with Crippen LogP contribution in [0.3, 0.4) is 0 Å². The lowest BCUT2D eigenvalue weighted by Gasteiger charge is -2.07. The summed E-state index contributed by atoms with van der Waals surface area (Å²) < 4.78 is 12.6. The fraction of sp³-hybridized carbons (Fsp3) is 0.0800. The molecule has 0 aliphatic rings. The molecule has 0 fully saturated rings. The van der Waals surface area contributed by atoms with E-state index >= 15 is 0 Å². The molecule has 2 aromatic carbocycles. The smallest absolute Gasteiger partial charge is 0.254 e. The standard InChI is InChI=1S/C24H17N7O2.CH4/c1-32-19-6-2-16(3-7-19)22-17(14-25)15-27-24-29-23(30-31(22)24)28-18-4-8-20(9-5-18)33-21-10-12-26-13-11-21;/h2-13,15H,1H3,(H,28,30);1H4. The number of aromatic nitrogens is 5. The van der Waals surface area contributed by atoms with E-state index in [4.69, 9.17) is 9.47 Å². The predicted molar refractivity (Wildman–Crippen MR) is 128 cm³/mol. The number of fused-ring (bicyclic) bond motifs is 1. The van der Waals surface area contributed by atoms with Gasteiger partial charge < -0.3 is 14.8 Å². The van der Waals surface area contributed by atoms with Crippen molar-refractivity contribution in [2.75, 3.05) is 12.4 Å². The normalized spacial score (nSPS) is 10.2. The molecule has 0 amide bonds. The van der Waals surface area contributed by atoms with Crippen molar-refractivity contribution >= 4 is 17.4 Å². The molecular formula is C25H21N7O2. The molecule has 0 radical (unpaired) electrons. The fourth-order valence-electron chi connectivity index (χ4n) is 3.27. The first-order valence-corrected chi connectivity index (χ1v) is 9.99. The zero-order valence-corrected chi connectivity index (χ0v) is 17.5. The molecule has 0 atom stereocenters. The van der Waals surface area contributed by atoms with Gasteiger partial charge in [-0.25, -0.2) is 4.98 Å². The quantitative estimate of drug-likeness (QED) is 0.373. The summed E-state index contributed by atoms with van der Waals surface area (Å²) >= 11 is 0. The molecule has 0 bridgehead atoms. The minimum absolute atomic E-state index is 0. The van der Waals surface area contributed by atoms with Crippen LogP contribution in [0.5, 0.6) is 17.2 Å². The van der Waals surface area contributed by atoms with Crippen molar-refractivity contribution in [3.63, 3.8) is 0 Å². The van der Waals surface area contributed by atoms with Gasteiger partial charge in [-0.2, -0.15) is 14.8 Å². The van der Waals surface area contributed by atoms with Crippen LogP contribution in [0.25, 0.3) is 17.0 Å². The molecule has 3 heterocycles. The van der Waals surface area contributed by atoms with E-state index in [-0.39, 0.29) is 7.43 Å². The van der Waals surface area contributed by atoms with E-state index in [2.05, 4.69) is 31.4 Å². The van der Waals surface area contributed by atoms with E-state index in [0.29, 0.717) is 34.5 Å². The maximum atomic E-state index is 9.61. The molecule has 0 aliphatic carbocycles. The number of hydrogen-bond acceptors (Lipinski definition) is 8. The largest absolute Gasteiger partial charge is 0.497 e. The third kappa shape index (κ3) is 4.47. The van der Waals surface area contributed by atoms with Gasteiger partial charge in [-0.1, -0.05) is 7.43 Å². The number of nitrogens with zero attached hydrogens (tertiary/aromatic N) is 6. The maximum absolute atomic E-state index is 9.61. The van der Waals surface area contributed by atoms with Gasteiger partial charge >= 0.3 is 0 Å². The molecule has 34 heavy (non-hydrogen) atoms. The average Bonchev–Trinajstić information content (AvgIpc) is 3.27. The second-order valence-corrected chi connectivity index (χ2v) is 6.94. The predicted octanol–water partition coefficient (Wildman–Crippen LogP) is 5.24. The number of nitrogens with one attached hydrogen (secondary N) is 1. The second kappa shape index (κ2) is 9.67. The molecule has 0 saturated heterocycles. The van der Waals surface area contributed by atoms with Crippen LogP contribution in [0, 0.1) is 11.3 Å². The molecule has 9 nitrogen and oxygen atoms in total. The summed E-state index contributed by atoms with van der Waals surface area (Å²) in [5.41, 5.74) is 2.57. The first-order valence-electron chi connectivity index (χ1n) is 9.99. The number of pyridine rings is 1. The number of methoxy groups -OCH3 is 1. The Morgan fingerprint density at radius 3 is 2.26 bits per heavy atom. The lowest BCUT2D eigenvalue weighted by atomic mass is 10.1. The highest BCUT2D eigenvalue weighted by Gasteiger charge is 2.15. The van der Waals surface area contributed by atoms with E-state index in [1.54, 1.807) is 36.2 Å². The van der Waals surface area contributed by atoms with Crippen molar-refractivity contribution in [1.29, 1.82) is 5.26 Å². The van der Waals surface area contributed by atoms with Crippen molar-refractivity contribution in [2.45, 2.75) is 7.43 Å². The molecule has 1 N–H and O–H groups in total. The number of ether oxygens (including phenoxy) is 2. The van der Waals surface area contributed by atoms with Gasteiger partial charge in [0.05, 0.1) is 24.6 Å². The van der Waals surface area contributed by atoms with Gasteiger partial charge in [0.1, 0.15) is 23.3 Å². The van der Waals surface area contributed by atoms with Crippen LogP contribution in [0.2, 0.25) is 0 Å². The summed E-state index contributed by atoms with van der Waals surface area (Å²) in [7, 11) is 1.60. The lowest BCUT2D eigenvalue weighted by molar-refractivity contribution is 0.415. The molecular weight excluding hydrogens is 430 g/mol. The Labute approximate surface area is 196 Å². The van der Waals surface area contributed by atoms with Crippen LogP contribution >= 0.6 is 0 Å². The third-order valence-corrected chi connectivity index (χ3v) is 4.85. The molecule has 0 aliphatic heterocycles. The molecule has 0 spiro atoms. The first-order chi connectivity index (χ1) is 16.2. The monoisotopic (exact) mass is 451 g/mol. The summed E-state index contributed by atoms with van der Waals surface area (Å²) in [6, 6.07) is 20.5. The minimum Gasteiger partial charge on any atom is -0.497 e. The van der Waals surface area contributed by atoms with Crippen molar-refractivity contribution in [3.05, 3.63) is 84.8 Å². The van der Waals surface area contributed by atoms with Crippen molar-refractivity contribution in [3.8, 4) is 34.6 Å². The molecule has 0 saturated carbocycles. The van der Waals surface area contributed by atoms with E-state index < -0.39 is 0 Å². The van der Waals surface area contributed by atoms with E-state index in [1.165, 1.54) is 6.20 Å². The summed E-state index contributed by atoms with van der Waals surface area (Å²) in [4.78, 5) is 12.7. The molecule has 3 aromatic heterocycles. The van der Waals surface area contributed by atoms with Gasteiger partial charge in [-0.15, -0.1) is 5.10 Å². The van der Waals surface area contributed by atoms with Gasteiger partial charge in [0.2, 0.25) is 5.95 Å². The minimum atomic E-state index is 0. The number of hydrogen-bond donors (Lipinski definition) is 1. The van der Waals surface area contributed by atoms with Gasteiger partial charge in [0.15, 0.2) is 0 Å². The lowest BCUT2D eigenvalue weighted by Crippen LogP contribution is -2.00. The highest BCUT2D eigenvalue weighted by Crippen LogP contribution is 2.27. The van der Waals surface area contributed by atoms with Gasteiger partial charge in [-0.05, 0) is 60.7 Å². The van der Waals surface area contributed by atoms with E-state index in [1.807, 2.05) is 48.5 Å². The zero-order chi connectivity index (χ0) is 22.6. The van der Waals surface area contributed by atoms with Crippen LogP contribution in [0.1, 0.15) is 13.0 Å². The zero-order valence-electron chi connectivity index (χ0n) is 17.5. The Morgan fingerprint density at radius 1 is 0.912 bits per heavy atom. The van der Waals surface area contributed by atoms with Crippen LogP contribution in [0.4, 0.5) is 11.6 Å². The van der Waals surface area contributed by atoms with Crippen molar-refractivity contribution in [2.24, 2.45) is 0 Å². The fourth-order valence-corrected chi connectivity index (χ4v) is 3.27. The van der Waals surface area contributed by atoms with Crippen molar-refractivity contribution < 1.29 is 9.47 Å². The SMILES string of the molecule is C.COc1ccc(-c2c(C#N)cnc3nc(Nc4ccc(Oc5ccncc5)cc4)nn23)cc1. The van der Waals surface area contributed by atoms with E-state index in [0.717, 1.165) is 17.0 Å². The summed E-state index contributed by atoms with van der Waals surface area (Å²) in [5, 5.41) is 17.3. The molecule has 5 aromatic rings. The number of benzene rings is 2. The molecule has 0 unspecified atom stereocenters. The summed E-state index contributed by atoms with van der Waals surface area (Å²) in [6.07, 6.45) is 4.84. The number of nitriles is 1. The Kier molecular flexibility index (Phi) is 6.32. The van der Waals surface area contributed by atoms with Crippen LogP contribution in [-0.2, 0) is 0 Å². The van der Waals surface area contributed by atoms with Gasteiger partial charge in [0.25, 0.3) is 5.78 Å². The first kappa shape index (κ1) is 22.2. The van der Waals surface area contributed by atoms with Gasteiger partial charge in [-0.3, -0.25) is 4.98 Å². The average molecular weight is 451 g/mol. The Bertz CT molecular complexity index is 1440. The van der Waals surface area contributed by atoms with Crippen LogP contribution in [-0.4, -0.2) is 31.7 Å². The Balaban J connectivity index is 0.00000274. The summed E-state index contributed by atoms with van der Waals surface area (Å²) in [5.74, 6) is 2.85. The highest BCUT2D eigenvalue weighted by molar-refractivity contribution is 5.69. The van der Waals surface area contributed by atoms with Crippen LogP contribution < -0.4 is 14.8 Å². The number of rotatable bonds is 6. The molecule has 5 rings (SSSR count). The topological polar surface area (TPSA) is 110 Å². The Hall–Kier alpha value is -4.97. The van der Waals surface area contributed by atoms with Crippen LogP contribution in [0.15, 0.2) is 79.3 Å². The Morgan fingerprint density at radius 2 is 1.59 bits per heavy atom. The van der Waals surface area contributed by atoms with E-state index in [9.17, 15) is 5.26 Å². The molecule has 168 valence electrons. The number of anilines is 2. The second-order valence-electron chi connectivity index (χ2n) is 6.94. The maximum Gasteiger partial charge on any atom is 0.254 e. The van der Waals surface area contributed by atoms with Gasteiger partial charge in [0, 0.05) is 23.6 Å². The summed E-state index contributed by atoms with van der Waals surface area (Å²) in [6.45, 7) is 0. The third-order valence-electron chi connectivity index (χ3n) is 4.85. The highest BCUT2D eigenvalue weighted by atomic mass is 16.5. The molecule has 9 heteroatoms.